The van der Waals surface area contributed by atoms with Crippen molar-refractivity contribution in [1.82, 2.24) is 4.90 Å². The SMILES string of the molecule is COC(=O)C[C@@H](CP(c1ccccc1)c1ccccc1)P(c1ccccc1)c1ccccc1.C[C@H](c1[c-]ccc2ccccc12)N(C)C.[O-][Cl+3]([O-])([O-])[O-].[Pd+2]. The maximum Gasteiger partial charge on any atom is 2.00 e. The quantitative estimate of drug-likeness (QED) is 0.0844. The van der Waals surface area contributed by atoms with Crippen molar-refractivity contribution >= 4 is 53.8 Å². The van der Waals surface area contributed by atoms with E-state index < -0.39 is 26.1 Å². The Morgan fingerprint density at radius 1 is 0.685 bits per heavy atom. The van der Waals surface area contributed by atoms with Crippen molar-refractivity contribution in [1.29, 1.82) is 0 Å². The molecule has 54 heavy (non-hydrogen) atoms. The van der Waals surface area contributed by atoms with Crippen molar-refractivity contribution in [3.63, 3.8) is 0 Å². The van der Waals surface area contributed by atoms with E-state index in [4.69, 9.17) is 23.4 Å². The van der Waals surface area contributed by atoms with Gasteiger partial charge in [0.05, 0.1) is 13.5 Å². The third-order valence-electron chi connectivity index (χ3n) is 8.54. The molecule has 6 aromatic carbocycles. The number of ether oxygens (including phenoxy) is 1. The smallest absolute Gasteiger partial charge is 0.469 e. The third-order valence-corrected chi connectivity index (χ3v) is 14.3. The minimum Gasteiger partial charge on any atom is -0.469 e. The van der Waals surface area contributed by atoms with Gasteiger partial charge in [-0.3, -0.25) is 4.79 Å². The van der Waals surface area contributed by atoms with E-state index in [1.807, 2.05) is 6.07 Å². The number of benzene rings is 6. The number of hydrogen-bond acceptors (Lipinski definition) is 7. The molecule has 0 radical (unpaired) electrons. The predicted octanol–water partition coefficient (Wildman–Crippen LogP) is 3.69. The van der Waals surface area contributed by atoms with Gasteiger partial charge in [-0.25, -0.2) is 18.6 Å². The number of esters is 1. The summed E-state index contributed by atoms with van der Waals surface area (Å²) in [5.41, 5.74) is 1.43. The number of nitrogens with zero attached hydrogens (tertiary/aromatic N) is 1. The van der Waals surface area contributed by atoms with Crippen molar-refractivity contribution in [2.24, 2.45) is 0 Å². The van der Waals surface area contributed by atoms with Crippen molar-refractivity contribution in [3.05, 3.63) is 169 Å². The van der Waals surface area contributed by atoms with Crippen LogP contribution in [0.2, 0.25) is 0 Å². The molecule has 6 aromatic rings. The minimum atomic E-state index is -4.94. The Labute approximate surface area is 337 Å². The van der Waals surface area contributed by atoms with Crippen LogP contribution in [-0.4, -0.2) is 43.9 Å². The van der Waals surface area contributed by atoms with E-state index in [1.165, 1.54) is 44.7 Å². The van der Waals surface area contributed by atoms with Gasteiger partial charge in [0.1, 0.15) is 0 Å². The van der Waals surface area contributed by atoms with Crippen LogP contribution in [0.4, 0.5) is 0 Å². The van der Waals surface area contributed by atoms with Gasteiger partial charge >= 0.3 is 26.4 Å². The Balaban J connectivity index is 0.000000309. The summed E-state index contributed by atoms with van der Waals surface area (Å²) in [6, 6.07) is 59.1. The first-order valence-corrected chi connectivity index (χ1v) is 21.1. The molecule has 7 nitrogen and oxygen atoms in total. The van der Waals surface area contributed by atoms with E-state index in [-0.39, 0.29) is 32.1 Å². The van der Waals surface area contributed by atoms with Crippen LogP contribution in [0, 0.1) is 16.3 Å². The molecule has 0 aliphatic heterocycles. The van der Waals surface area contributed by atoms with Gasteiger partial charge in [0.15, 0.2) is 0 Å². The summed E-state index contributed by atoms with van der Waals surface area (Å²) >= 11 is 0. The maximum atomic E-state index is 12.6. The summed E-state index contributed by atoms with van der Waals surface area (Å²) in [5.74, 6) is -0.143. The molecule has 0 aliphatic carbocycles. The van der Waals surface area contributed by atoms with Crippen molar-refractivity contribution in [2.45, 2.75) is 25.0 Å². The van der Waals surface area contributed by atoms with E-state index in [0.29, 0.717) is 12.5 Å². The van der Waals surface area contributed by atoms with Gasteiger partial charge in [-0.05, 0) is 64.2 Å². The fourth-order valence-electron chi connectivity index (χ4n) is 5.84. The molecular formula is C43H44ClNO6P2Pd. The third kappa shape index (κ3) is 14.4. The molecule has 0 saturated carbocycles. The van der Waals surface area contributed by atoms with Crippen LogP contribution < -0.4 is 39.9 Å². The molecule has 284 valence electrons. The Morgan fingerprint density at radius 2 is 1.09 bits per heavy atom. The van der Waals surface area contributed by atoms with Crippen LogP contribution >= 0.6 is 15.8 Å². The second kappa shape index (κ2) is 22.9. The van der Waals surface area contributed by atoms with Crippen LogP contribution in [-0.2, 0) is 30.0 Å². The molecule has 0 aliphatic rings. The first-order chi connectivity index (χ1) is 25.5. The molecule has 6 rings (SSSR count). The van der Waals surface area contributed by atoms with Crippen molar-refractivity contribution < 1.29 is 58.8 Å². The molecule has 0 aromatic heterocycles. The number of methoxy groups -OCH3 is 1. The van der Waals surface area contributed by atoms with Gasteiger partial charge in [0.25, 0.3) is 0 Å². The Kier molecular flexibility index (Phi) is 19.1. The summed E-state index contributed by atoms with van der Waals surface area (Å²) in [7, 11) is -0.640. The fraction of sp³-hybridized carbons (Fsp3) is 0.186. The normalized spacial score (nSPS) is 12.1. The summed E-state index contributed by atoms with van der Waals surface area (Å²) in [5, 5.41) is 7.86. The molecule has 0 spiro atoms. The van der Waals surface area contributed by atoms with Crippen LogP contribution in [0.1, 0.15) is 24.9 Å². The van der Waals surface area contributed by atoms with Crippen LogP contribution in [0.15, 0.2) is 158 Å². The minimum absolute atomic E-state index is 0. The van der Waals surface area contributed by atoms with E-state index >= 15 is 0 Å². The average molecular weight is 875 g/mol. The van der Waals surface area contributed by atoms with Crippen LogP contribution in [0.5, 0.6) is 0 Å². The zero-order valence-corrected chi connectivity index (χ0v) is 34.7. The number of carbonyl (C=O) groups is 1. The van der Waals surface area contributed by atoms with Crippen LogP contribution in [0.25, 0.3) is 10.8 Å². The summed E-state index contributed by atoms with van der Waals surface area (Å²) in [6.45, 7) is 2.21. The number of hydrogen-bond donors (Lipinski definition) is 0. The fourth-order valence-corrected chi connectivity index (χ4v) is 11.8. The summed E-state index contributed by atoms with van der Waals surface area (Å²) in [4.78, 5) is 14.8. The second-order valence-electron chi connectivity index (χ2n) is 12.3. The predicted molar refractivity (Wildman–Crippen MR) is 208 cm³/mol. The van der Waals surface area contributed by atoms with Gasteiger partial charge in [0, 0.05) is 11.7 Å². The van der Waals surface area contributed by atoms with Crippen molar-refractivity contribution in [2.75, 3.05) is 27.4 Å². The molecule has 11 heteroatoms. The Hall–Kier alpha value is -3.34. The summed E-state index contributed by atoms with van der Waals surface area (Å²) in [6.07, 6.45) is 1.33. The zero-order chi connectivity index (χ0) is 38.2. The monoisotopic (exact) mass is 873 g/mol. The van der Waals surface area contributed by atoms with Crippen molar-refractivity contribution in [3.8, 4) is 0 Å². The number of fused-ring (bicyclic) bond motifs is 1. The Morgan fingerprint density at radius 3 is 1.52 bits per heavy atom. The second-order valence-corrected chi connectivity index (χ2v) is 17.8. The molecule has 0 unspecified atom stereocenters. The standard InChI is InChI=1S/C29H28O2P2.C14H16N.ClHO4.Pd/c1-31-29(30)22-28(33(26-18-10-4-11-19-26)27-20-12-5-13-21-27)23-32(24-14-6-2-7-15-24)25-16-8-3-9-17-25;1-11(15(2)3)13-10-6-8-12-7-4-5-9-14(12)13;2-1(3,4)5;/h2-21,28H,22-23H2,1H3;4-9,11H,1-3H3;(H,2,3,4,5);/q;-1;;+2/p-1/t28-;11-;;/m01../s1. The number of halogens is 1. The molecule has 0 amide bonds. The van der Waals surface area contributed by atoms with Gasteiger partial charge < -0.3 is 9.64 Å². The maximum absolute atomic E-state index is 12.6. The Bertz CT molecular complexity index is 1870. The molecule has 0 heterocycles. The average Bonchev–Trinajstić information content (AvgIpc) is 3.17. The largest absolute Gasteiger partial charge is 2.00 e. The zero-order valence-electron chi connectivity index (χ0n) is 30.6. The molecule has 0 N–H and O–H groups in total. The number of carbonyl (C=O) groups excluding carboxylic acids is 1. The van der Waals surface area contributed by atoms with Gasteiger partial charge in [-0.1, -0.05) is 140 Å². The topological polar surface area (TPSA) is 122 Å². The molecule has 2 atom stereocenters. The number of rotatable bonds is 11. The molecule has 0 bridgehead atoms. The van der Waals surface area contributed by atoms with Gasteiger partial charge in [0.2, 0.25) is 0 Å². The van der Waals surface area contributed by atoms with E-state index in [9.17, 15) is 4.79 Å². The van der Waals surface area contributed by atoms with E-state index in [0.717, 1.165) is 6.16 Å². The van der Waals surface area contributed by atoms with Gasteiger partial charge in [-0.15, -0.1) is 32.6 Å². The molecule has 0 saturated heterocycles. The van der Waals surface area contributed by atoms with Crippen LogP contribution in [0.3, 0.4) is 0 Å². The summed E-state index contributed by atoms with van der Waals surface area (Å²) < 4.78 is 39.1. The molecule has 0 fully saturated rings. The first kappa shape index (κ1) is 45.1. The molecular weight excluding hydrogens is 830 g/mol. The van der Waals surface area contributed by atoms with E-state index in [1.54, 1.807) is 0 Å². The van der Waals surface area contributed by atoms with Gasteiger partial charge in [-0.2, -0.15) is 18.2 Å². The first-order valence-electron chi connectivity index (χ1n) is 17.0. The van der Waals surface area contributed by atoms with E-state index in [2.05, 4.69) is 184 Å².